The minimum atomic E-state index is -1.70. The number of ether oxygens (including phenoxy) is 4. The molecule has 1 aromatic heterocycles. The Kier molecular flexibility index (Phi) is 34.2. The second-order valence-corrected chi connectivity index (χ2v) is 25.2. The average molecular weight is 1170 g/mol. The lowest BCUT2D eigenvalue weighted by Gasteiger charge is -2.39. The van der Waals surface area contributed by atoms with Gasteiger partial charge in [-0.2, -0.15) is 5.26 Å². The van der Waals surface area contributed by atoms with Crippen LogP contribution in [-0.4, -0.2) is 64.9 Å². The Morgan fingerprint density at radius 3 is 1.46 bits per heavy atom. The number of rotatable bonds is 47. The van der Waals surface area contributed by atoms with E-state index in [2.05, 4.69) is 93.7 Å². The molecule has 1 saturated heterocycles. The summed E-state index contributed by atoms with van der Waals surface area (Å²) in [6.45, 7) is 16.2. The molecule has 4 atom stereocenters. The van der Waals surface area contributed by atoms with Gasteiger partial charge in [0.1, 0.15) is 29.4 Å². The van der Waals surface area contributed by atoms with Crippen molar-refractivity contribution in [2.45, 2.75) is 277 Å². The van der Waals surface area contributed by atoms with Crippen LogP contribution in [-0.2, 0) is 24.1 Å². The van der Waals surface area contributed by atoms with E-state index in [-0.39, 0.29) is 38.1 Å². The minimum absolute atomic E-state index is 0.0482. The molecule has 0 aliphatic carbocycles. The molecule has 83 heavy (non-hydrogen) atoms. The molecule has 1 unspecified atom stereocenters. The Bertz CT molecular complexity index is 2370. The van der Waals surface area contributed by atoms with Gasteiger partial charge in [0.15, 0.2) is 0 Å². The zero-order valence-electron chi connectivity index (χ0n) is 52.6. The van der Waals surface area contributed by atoms with Crippen molar-refractivity contribution in [3.63, 3.8) is 0 Å². The molecule has 1 fully saturated rings. The molecule has 13 heteroatoms. The summed E-state index contributed by atoms with van der Waals surface area (Å²) in [6, 6.07) is 29.2. The van der Waals surface area contributed by atoms with Crippen molar-refractivity contribution in [2.75, 3.05) is 26.4 Å². The number of aryl methyl sites for hydroxylation is 1. The molecule has 1 aliphatic heterocycles. The minimum Gasteiger partial charge on any atom is -0.494 e. The Hall–Kier alpha value is -4.34. The van der Waals surface area contributed by atoms with Crippen LogP contribution in [0.15, 0.2) is 94.6 Å². The number of benzene rings is 3. The highest BCUT2D eigenvalue weighted by atomic mass is 31.2. The van der Waals surface area contributed by atoms with Gasteiger partial charge in [-0.25, -0.2) is 9.46 Å². The lowest BCUT2D eigenvalue weighted by molar-refractivity contribution is -0.0926. The number of nitrogens with one attached hydrogen (secondary N) is 1. The summed E-state index contributed by atoms with van der Waals surface area (Å²) >= 11 is 0. The first-order chi connectivity index (χ1) is 40.5. The summed E-state index contributed by atoms with van der Waals surface area (Å²) < 4.78 is 44.3. The van der Waals surface area contributed by atoms with Crippen LogP contribution in [0.5, 0.6) is 11.5 Å². The maximum absolute atomic E-state index is 13.5. The van der Waals surface area contributed by atoms with E-state index in [4.69, 9.17) is 28.0 Å². The van der Waals surface area contributed by atoms with Crippen LogP contribution in [0.25, 0.3) is 0 Å². The third kappa shape index (κ3) is 24.5. The largest absolute Gasteiger partial charge is 0.494 e. The van der Waals surface area contributed by atoms with Crippen LogP contribution in [0.2, 0.25) is 0 Å². The normalized spacial score (nSPS) is 15.8. The van der Waals surface area contributed by atoms with Crippen molar-refractivity contribution in [3.05, 3.63) is 128 Å². The number of nitrogens with zero attached hydrogens (tertiary/aromatic N) is 3. The van der Waals surface area contributed by atoms with E-state index in [1.54, 1.807) is 13.1 Å². The van der Waals surface area contributed by atoms with E-state index in [0.717, 1.165) is 53.9 Å². The van der Waals surface area contributed by atoms with Crippen LogP contribution in [0.4, 0.5) is 0 Å². The predicted molar refractivity (Wildman–Crippen MR) is 341 cm³/mol. The quantitative estimate of drug-likeness (QED) is 0.0259. The van der Waals surface area contributed by atoms with Gasteiger partial charge in [-0.3, -0.25) is 14.3 Å². The highest BCUT2D eigenvalue weighted by molar-refractivity contribution is 7.44. The van der Waals surface area contributed by atoms with Gasteiger partial charge in [-0.05, 0) is 88.4 Å². The molecule has 2 heterocycles. The Morgan fingerprint density at radius 2 is 1.04 bits per heavy atom. The SMILES string of the molecule is CCCCCCCCCCCCCCCCOc1ccc(C(OC[C@H]2O[C@@H](n3cc(C)c(=O)[nH]c3=O)C[C@@H]2OP(OCCC#N)N(C(C)C)C(C)C)(c2ccccc2)c2ccc(OCCCCCCCCCCCCCCCC)cc2)cc1. The third-order valence-electron chi connectivity index (χ3n) is 16.2. The van der Waals surface area contributed by atoms with Crippen LogP contribution < -0.4 is 20.7 Å². The molecule has 462 valence electrons. The zero-order chi connectivity index (χ0) is 59.3. The molecule has 12 nitrogen and oxygen atoms in total. The first-order valence-electron chi connectivity index (χ1n) is 32.9. The van der Waals surface area contributed by atoms with E-state index in [0.29, 0.717) is 18.8 Å². The summed E-state index contributed by atoms with van der Waals surface area (Å²) in [5.41, 5.74) is 0.934. The molecular weight excluding hydrogens is 1060 g/mol. The number of aromatic amines is 1. The first kappa shape index (κ1) is 69.4. The lowest BCUT2D eigenvalue weighted by atomic mass is 9.80. The van der Waals surface area contributed by atoms with Crippen molar-refractivity contribution in [2.24, 2.45) is 0 Å². The van der Waals surface area contributed by atoms with Gasteiger partial charge in [0, 0.05) is 30.3 Å². The van der Waals surface area contributed by atoms with Crippen molar-refractivity contribution < 1.29 is 28.0 Å². The predicted octanol–water partition coefficient (Wildman–Crippen LogP) is 18.5. The highest BCUT2D eigenvalue weighted by Gasteiger charge is 2.45. The fraction of sp³-hybridized carbons (Fsp3) is 0.671. The fourth-order valence-corrected chi connectivity index (χ4v) is 13.3. The van der Waals surface area contributed by atoms with Gasteiger partial charge < -0.3 is 28.0 Å². The molecule has 1 aliphatic rings. The van der Waals surface area contributed by atoms with Crippen LogP contribution in [0.1, 0.15) is 263 Å². The van der Waals surface area contributed by atoms with Gasteiger partial charge in [0.2, 0.25) is 0 Å². The monoisotopic (exact) mass is 1160 g/mol. The van der Waals surface area contributed by atoms with E-state index in [1.807, 2.05) is 42.5 Å². The standard InChI is InChI=1S/C70H109N4O8P/c1-8-10-12-14-16-18-20-22-24-26-28-30-32-37-51-77-63-46-42-61(43-47-63)70(60-40-35-34-36-41-60,62-44-48-64(49-45-62)78-52-38-33-31-29-27-25-23-21-19-17-15-13-11-9-2)79-56-66-65(54-67(81-66)73-55-59(7)68(75)72-69(73)76)82-83(80-53-39-50-71)74(57(3)4)58(5)6/h34-36,40-49,55,57-58,65-67H,8-33,37-39,51-54,56H2,1-7H3,(H,72,75,76)/t65-,66+,67+,83?/m0/s1. The summed E-state index contributed by atoms with van der Waals surface area (Å²) in [5, 5.41) is 9.51. The van der Waals surface area contributed by atoms with Gasteiger partial charge >= 0.3 is 5.69 Å². The average Bonchev–Trinajstić information content (AvgIpc) is 4.06. The summed E-state index contributed by atoms with van der Waals surface area (Å²) in [6.07, 6.45) is 36.7. The molecule has 5 rings (SSSR count). The van der Waals surface area contributed by atoms with Gasteiger partial charge in [0.05, 0.1) is 45.0 Å². The van der Waals surface area contributed by atoms with Gasteiger partial charge in [-0.1, -0.05) is 235 Å². The number of hydrogen-bond acceptors (Lipinski definition) is 10. The maximum Gasteiger partial charge on any atom is 0.330 e. The first-order valence-corrected chi connectivity index (χ1v) is 34.0. The highest BCUT2D eigenvalue weighted by Crippen LogP contribution is 2.51. The Balaban J connectivity index is 1.34. The third-order valence-corrected chi connectivity index (χ3v) is 18.4. The molecule has 0 radical (unpaired) electrons. The zero-order valence-corrected chi connectivity index (χ0v) is 53.5. The van der Waals surface area contributed by atoms with Crippen LogP contribution in [0.3, 0.4) is 0 Å². The number of H-pyrrole nitrogens is 1. The summed E-state index contributed by atoms with van der Waals surface area (Å²) in [5.74, 6) is 1.61. The van der Waals surface area contributed by atoms with E-state index >= 15 is 0 Å². The number of hydrogen-bond donors (Lipinski definition) is 1. The smallest absolute Gasteiger partial charge is 0.330 e. The molecule has 1 N–H and O–H groups in total. The van der Waals surface area contributed by atoms with E-state index in [9.17, 15) is 14.9 Å². The van der Waals surface area contributed by atoms with E-state index in [1.165, 1.54) is 159 Å². The van der Waals surface area contributed by atoms with Crippen molar-refractivity contribution in [1.82, 2.24) is 14.2 Å². The summed E-state index contributed by atoms with van der Waals surface area (Å²) in [7, 11) is -1.70. The molecule has 3 aromatic carbocycles. The van der Waals surface area contributed by atoms with Crippen LogP contribution >= 0.6 is 8.53 Å². The maximum atomic E-state index is 13.5. The molecular formula is C70H109N4O8P. The fourth-order valence-electron chi connectivity index (χ4n) is 11.5. The molecule has 4 aromatic rings. The second kappa shape index (κ2) is 40.9. The molecule has 0 spiro atoms. The Morgan fingerprint density at radius 1 is 0.614 bits per heavy atom. The number of aromatic nitrogens is 2. The second-order valence-electron chi connectivity index (χ2n) is 23.8. The lowest BCUT2D eigenvalue weighted by Crippen LogP contribution is -2.39. The molecule has 0 bridgehead atoms. The van der Waals surface area contributed by atoms with Gasteiger partial charge in [0.25, 0.3) is 14.1 Å². The molecule has 0 saturated carbocycles. The van der Waals surface area contributed by atoms with Crippen LogP contribution in [0, 0.1) is 18.3 Å². The number of unbranched alkanes of at least 4 members (excludes halogenated alkanes) is 26. The molecule has 0 amide bonds. The van der Waals surface area contributed by atoms with E-state index < -0.39 is 43.8 Å². The van der Waals surface area contributed by atoms with Crippen molar-refractivity contribution in [1.29, 1.82) is 5.26 Å². The van der Waals surface area contributed by atoms with Crippen molar-refractivity contribution >= 4 is 8.53 Å². The van der Waals surface area contributed by atoms with Crippen molar-refractivity contribution in [3.8, 4) is 17.6 Å². The van der Waals surface area contributed by atoms with Gasteiger partial charge in [-0.15, -0.1) is 0 Å². The summed E-state index contributed by atoms with van der Waals surface area (Å²) in [4.78, 5) is 28.5. The topological polar surface area (TPSA) is 137 Å². The Labute approximate surface area is 503 Å². The number of nitriles is 1.